The summed E-state index contributed by atoms with van der Waals surface area (Å²) in [4.78, 5) is 5.71. The number of methoxy groups -OCH3 is 2. The number of thiazole rings is 1. The summed E-state index contributed by atoms with van der Waals surface area (Å²) in [5, 5.41) is 1.85. The van der Waals surface area contributed by atoms with E-state index in [0.29, 0.717) is 17.1 Å². The van der Waals surface area contributed by atoms with Crippen LogP contribution in [0.2, 0.25) is 5.02 Å². The van der Waals surface area contributed by atoms with Crippen LogP contribution in [0.15, 0.2) is 46.8 Å². The molecule has 1 fully saturated rings. The van der Waals surface area contributed by atoms with Gasteiger partial charge >= 0.3 is 0 Å². The molecule has 1 aliphatic carbocycles. The first-order valence-corrected chi connectivity index (χ1v) is 14.8. The Balaban J connectivity index is 1.69. The minimum atomic E-state index is -4.42. The SMILES string of the molecule is COc1ccc(CN(c2nccs2)S(=O)(=O)c2cc(Cl)c(OC3CCCCC3N(C)C)cc2F)c(OC)c1. The number of likely N-dealkylation sites (N-methyl/N-ethyl adjacent to an activating group) is 1. The summed E-state index contributed by atoms with van der Waals surface area (Å²) >= 11 is 7.61. The number of rotatable bonds is 10. The first-order chi connectivity index (χ1) is 18.1. The number of hydrogen-bond acceptors (Lipinski definition) is 8. The monoisotopic (exact) mass is 583 g/mol. The summed E-state index contributed by atoms with van der Waals surface area (Å²) in [5.74, 6) is 0.146. The summed E-state index contributed by atoms with van der Waals surface area (Å²) < 4.78 is 61.1. The Morgan fingerprint density at radius 3 is 2.53 bits per heavy atom. The number of aromatic nitrogens is 1. The van der Waals surface area contributed by atoms with Crippen molar-refractivity contribution >= 4 is 38.1 Å². The van der Waals surface area contributed by atoms with Crippen LogP contribution in [-0.2, 0) is 16.6 Å². The molecule has 0 N–H and O–H groups in total. The molecule has 206 valence electrons. The van der Waals surface area contributed by atoms with Crippen LogP contribution in [0.3, 0.4) is 0 Å². The second kappa shape index (κ2) is 12.1. The van der Waals surface area contributed by atoms with Crippen LogP contribution in [0, 0.1) is 5.82 Å². The fourth-order valence-electron chi connectivity index (χ4n) is 4.62. The van der Waals surface area contributed by atoms with E-state index in [1.165, 1.54) is 20.4 Å². The summed E-state index contributed by atoms with van der Waals surface area (Å²) in [5.41, 5.74) is 0.547. The van der Waals surface area contributed by atoms with Crippen molar-refractivity contribution < 1.29 is 27.0 Å². The van der Waals surface area contributed by atoms with E-state index in [1.54, 1.807) is 23.6 Å². The molecule has 2 aromatic carbocycles. The standard InChI is InChI=1S/C26H31ClFN3O5S2/c1-30(2)21-7-5-6-8-22(21)36-24-15-20(28)25(14-19(24)27)38(32,33)31(26-29-11-12-37-26)16-17-9-10-18(34-3)13-23(17)35-4/h9-15,21-22H,5-8,16H2,1-4H3. The zero-order valence-electron chi connectivity index (χ0n) is 21.7. The molecule has 2 atom stereocenters. The van der Waals surface area contributed by atoms with Crippen molar-refractivity contribution in [1.29, 1.82) is 0 Å². The van der Waals surface area contributed by atoms with Crippen LogP contribution in [0.25, 0.3) is 0 Å². The zero-order chi connectivity index (χ0) is 27.4. The molecule has 1 aromatic heterocycles. The molecule has 3 aromatic rings. The smallest absolute Gasteiger partial charge is 0.269 e. The van der Waals surface area contributed by atoms with Gasteiger partial charge in [-0.05, 0) is 51.6 Å². The highest BCUT2D eigenvalue weighted by atomic mass is 35.5. The molecule has 4 rings (SSSR count). The van der Waals surface area contributed by atoms with Crippen LogP contribution in [-0.4, -0.2) is 58.8 Å². The summed E-state index contributed by atoms with van der Waals surface area (Å²) in [6.45, 7) is -0.148. The predicted octanol–water partition coefficient (Wildman–Crippen LogP) is 5.60. The van der Waals surface area contributed by atoms with E-state index < -0.39 is 20.7 Å². The highest BCUT2D eigenvalue weighted by Crippen LogP contribution is 2.37. The molecule has 2 unspecified atom stereocenters. The van der Waals surface area contributed by atoms with Gasteiger partial charge in [0.2, 0.25) is 0 Å². The van der Waals surface area contributed by atoms with Crippen LogP contribution < -0.4 is 18.5 Å². The Kier molecular flexibility index (Phi) is 9.02. The minimum absolute atomic E-state index is 0.0224. The van der Waals surface area contributed by atoms with E-state index >= 15 is 4.39 Å². The third-order valence-electron chi connectivity index (χ3n) is 6.60. The second-order valence-corrected chi connectivity index (χ2v) is 12.3. The molecule has 0 radical (unpaired) electrons. The maximum atomic E-state index is 15.5. The normalized spacial score (nSPS) is 17.9. The molecule has 0 spiro atoms. The highest BCUT2D eigenvalue weighted by molar-refractivity contribution is 7.93. The lowest BCUT2D eigenvalue weighted by Gasteiger charge is -2.36. The molecule has 38 heavy (non-hydrogen) atoms. The molecule has 0 saturated heterocycles. The lowest BCUT2D eigenvalue weighted by Crippen LogP contribution is -2.44. The van der Waals surface area contributed by atoms with Crippen molar-refractivity contribution in [3.8, 4) is 17.2 Å². The van der Waals surface area contributed by atoms with Crippen LogP contribution in [0.5, 0.6) is 17.2 Å². The van der Waals surface area contributed by atoms with Gasteiger partial charge in [-0.15, -0.1) is 11.3 Å². The number of anilines is 1. The van der Waals surface area contributed by atoms with Crippen molar-refractivity contribution in [2.75, 3.05) is 32.6 Å². The van der Waals surface area contributed by atoms with Crippen molar-refractivity contribution in [3.63, 3.8) is 0 Å². The molecular formula is C26H31ClFN3O5S2. The van der Waals surface area contributed by atoms with Gasteiger partial charge in [0.1, 0.15) is 34.1 Å². The van der Waals surface area contributed by atoms with E-state index in [9.17, 15) is 8.42 Å². The molecule has 1 aliphatic rings. The fraction of sp³-hybridized carbons (Fsp3) is 0.423. The van der Waals surface area contributed by atoms with Crippen LogP contribution >= 0.6 is 22.9 Å². The lowest BCUT2D eigenvalue weighted by atomic mass is 9.91. The van der Waals surface area contributed by atoms with E-state index in [2.05, 4.69) is 9.88 Å². The van der Waals surface area contributed by atoms with Gasteiger partial charge in [-0.25, -0.2) is 22.1 Å². The maximum absolute atomic E-state index is 15.5. The number of benzene rings is 2. The molecule has 1 heterocycles. The van der Waals surface area contributed by atoms with E-state index in [0.717, 1.165) is 53.5 Å². The Morgan fingerprint density at radius 2 is 1.87 bits per heavy atom. The minimum Gasteiger partial charge on any atom is -0.497 e. The Morgan fingerprint density at radius 1 is 1.11 bits per heavy atom. The average Bonchev–Trinajstić information content (AvgIpc) is 3.43. The number of nitrogens with zero attached hydrogens (tertiary/aromatic N) is 3. The first-order valence-electron chi connectivity index (χ1n) is 12.1. The van der Waals surface area contributed by atoms with Crippen molar-refractivity contribution in [3.05, 3.63) is 58.3 Å². The Labute approximate surface area is 232 Å². The highest BCUT2D eigenvalue weighted by Gasteiger charge is 2.33. The van der Waals surface area contributed by atoms with Gasteiger partial charge in [0.15, 0.2) is 5.13 Å². The topological polar surface area (TPSA) is 81.2 Å². The van der Waals surface area contributed by atoms with Gasteiger partial charge in [0.25, 0.3) is 10.0 Å². The van der Waals surface area contributed by atoms with Crippen molar-refractivity contribution in [1.82, 2.24) is 9.88 Å². The summed E-state index contributed by atoms with van der Waals surface area (Å²) in [6.07, 6.45) is 5.17. The van der Waals surface area contributed by atoms with Gasteiger partial charge in [-0.3, -0.25) is 0 Å². The Hall–Kier alpha value is -2.60. The predicted molar refractivity (Wildman–Crippen MR) is 147 cm³/mol. The fourth-order valence-corrected chi connectivity index (χ4v) is 7.23. The molecule has 8 nitrogen and oxygen atoms in total. The third-order valence-corrected chi connectivity index (χ3v) is 9.56. The zero-order valence-corrected chi connectivity index (χ0v) is 24.1. The van der Waals surface area contributed by atoms with Gasteiger partial charge in [-0.2, -0.15) is 0 Å². The van der Waals surface area contributed by atoms with Gasteiger partial charge in [0.05, 0.1) is 25.8 Å². The van der Waals surface area contributed by atoms with E-state index in [-0.39, 0.29) is 34.6 Å². The number of halogens is 2. The molecule has 1 saturated carbocycles. The Bertz CT molecular complexity index is 1360. The van der Waals surface area contributed by atoms with Gasteiger partial charge in [-0.1, -0.05) is 18.0 Å². The first kappa shape index (κ1) is 28.4. The summed E-state index contributed by atoms with van der Waals surface area (Å²) in [6, 6.07) is 7.37. The van der Waals surface area contributed by atoms with E-state index in [1.807, 2.05) is 14.1 Å². The number of ether oxygens (including phenoxy) is 3. The molecule has 0 amide bonds. The van der Waals surface area contributed by atoms with E-state index in [4.69, 9.17) is 25.8 Å². The average molecular weight is 584 g/mol. The number of hydrogen-bond donors (Lipinski definition) is 0. The quantitative estimate of drug-likeness (QED) is 0.307. The number of sulfonamides is 1. The second-order valence-electron chi connectivity index (χ2n) is 9.19. The van der Waals surface area contributed by atoms with Crippen molar-refractivity contribution in [2.24, 2.45) is 0 Å². The van der Waals surface area contributed by atoms with Gasteiger partial charge in [0, 0.05) is 35.3 Å². The molecular weight excluding hydrogens is 553 g/mol. The third kappa shape index (κ3) is 6.01. The van der Waals surface area contributed by atoms with Gasteiger partial charge < -0.3 is 19.1 Å². The lowest BCUT2D eigenvalue weighted by molar-refractivity contribution is 0.0620. The molecule has 0 bridgehead atoms. The summed E-state index contributed by atoms with van der Waals surface area (Å²) in [7, 11) is 2.55. The largest absolute Gasteiger partial charge is 0.497 e. The van der Waals surface area contributed by atoms with Crippen LogP contribution in [0.1, 0.15) is 31.2 Å². The molecule has 0 aliphatic heterocycles. The van der Waals surface area contributed by atoms with Crippen molar-refractivity contribution in [2.45, 2.75) is 49.3 Å². The maximum Gasteiger partial charge on any atom is 0.269 e. The molecule has 12 heteroatoms. The van der Waals surface area contributed by atoms with Crippen LogP contribution in [0.4, 0.5) is 9.52 Å².